The first-order chi connectivity index (χ1) is 8.95. The number of benzene rings is 1. The Labute approximate surface area is 115 Å². The molecule has 4 nitrogen and oxygen atoms in total. The second-order valence-electron chi connectivity index (χ2n) is 4.89. The van der Waals surface area contributed by atoms with Gasteiger partial charge < -0.3 is 15.8 Å². The summed E-state index contributed by atoms with van der Waals surface area (Å²) in [6, 6.07) is 5.48. The van der Waals surface area contributed by atoms with Crippen molar-refractivity contribution >= 4 is 17.3 Å². The highest BCUT2D eigenvalue weighted by atomic mass is 16.5. The van der Waals surface area contributed by atoms with Gasteiger partial charge in [-0.15, -0.1) is 0 Å². The lowest BCUT2D eigenvalue weighted by Crippen LogP contribution is -2.31. The lowest BCUT2D eigenvalue weighted by molar-refractivity contribution is -0.129. The van der Waals surface area contributed by atoms with E-state index in [1.54, 1.807) is 6.92 Å². The average molecular weight is 264 g/mol. The molecule has 1 aromatic rings. The molecule has 0 spiro atoms. The van der Waals surface area contributed by atoms with Crippen LogP contribution in [0.5, 0.6) is 0 Å². The van der Waals surface area contributed by atoms with Gasteiger partial charge in [0.15, 0.2) is 0 Å². The summed E-state index contributed by atoms with van der Waals surface area (Å²) in [5, 5.41) is 2.85. The fraction of sp³-hybridized carbons (Fsp3) is 0.533. The van der Waals surface area contributed by atoms with Crippen molar-refractivity contribution in [1.29, 1.82) is 0 Å². The van der Waals surface area contributed by atoms with Gasteiger partial charge in [0, 0.05) is 11.4 Å². The number of amides is 1. The molecule has 0 heterocycles. The van der Waals surface area contributed by atoms with Gasteiger partial charge >= 0.3 is 0 Å². The molecule has 0 saturated carbocycles. The number of hydrogen-bond acceptors (Lipinski definition) is 3. The third kappa shape index (κ3) is 4.56. The maximum Gasteiger partial charge on any atom is 0.253 e. The lowest BCUT2D eigenvalue weighted by Gasteiger charge is -2.19. The van der Waals surface area contributed by atoms with Crippen LogP contribution in [-0.2, 0) is 9.53 Å². The monoisotopic (exact) mass is 264 g/mol. The number of carbonyl (C=O) groups is 1. The molecule has 0 fully saturated rings. The molecule has 1 amide bonds. The summed E-state index contributed by atoms with van der Waals surface area (Å²) in [5.74, 6) is -0.142. The minimum Gasteiger partial charge on any atom is -0.398 e. The predicted octanol–water partition coefficient (Wildman–Crippen LogP) is 3.11. The third-order valence-electron chi connectivity index (χ3n) is 3.13. The Morgan fingerprint density at radius 1 is 1.42 bits per heavy atom. The zero-order valence-electron chi connectivity index (χ0n) is 12.2. The van der Waals surface area contributed by atoms with Gasteiger partial charge in [0.1, 0.15) is 6.10 Å². The Morgan fingerprint density at radius 2 is 2.11 bits per heavy atom. The second-order valence-corrected chi connectivity index (χ2v) is 4.89. The zero-order valence-corrected chi connectivity index (χ0v) is 12.2. The van der Waals surface area contributed by atoms with Crippen LogP contribution in [0.15, 0.2) is 18.2 Å². The van der Waals surface area contributed by atoms with E-state index in [0.717, 1.165) is 24.1 Å². The Kier molecular flexibility index (Phi) is 5.83. The highest BCUT2D eigenvalue weighted by Gasteiger charge is 2.17. The summed E-state index contributed by atoms with van der Waals surface area (Å²) in [4.78, 5) is 12.0. The smallest absolute Gasteiger partial charge is 0.253 e. The van der Waals surface area contributed by atoms with Gasteiger partial charge in [0.25, 0.3) is 5.91 Å². The van der Waals surface area contributed by atoms with Crippen molar-refractivity contribution in [1.82, 2.24) is 0 Å². The number of ether oxygens (including phenoxy) is 1. The van der Waals surface area contributed by atoms with Gasteiger partial charge in [-0.05, 0) is 44.9 Å². The molecule has 0 saturated heterocycles. The van der Waals surface area contributed by atoms with E-state index in [1.807, 2.05) is 32.0 Å². The number of nitrogens with two attached hydrogens (primary N) is 1. The first-order valence-electron chi connectivity index (χ1n) is 6.77. The fourth-order valence-corrected chi connectivity index (χ4v) is 1.91. The van der Waals surface area contributed by atoms with Crippen molar-refractivity contribution in [3.63, 3.8) is 0 Å². The first-order valence-corrected chi connectivity index (χ1v) is 6.77. The van der Waals surface area contributed by atoms with Gasteiger partial charge in [-0.25, -0.2) is 0 Å². The molecule has 1 aromatic carbocycles. The highest BCUT2D eigenvalue weighted by molar-refractivity contribution is 5.95. The number of rotatable bonds is 6. The van der Waals surface area contributed by atoms with Gasteiger partial charge in [-0.3, -0.25) is 4.79 Å². The van der Waals surface area contributed by atoms with Crippen molar-refractivity contribution < 1.29 is 9.53 Å². The van der Waals surface area contributed by atoms with E-state index in [2.05, 4.69) is 12.2 Å². The standard InChI is InChI=1S/C15H24N2O2/c1-5-7-10(2)19-12(4)15(18)17-14-9-6-8-13(16)11(14)3/h6,8-10,12H,5,7,16H2,1-4H3,(H,17,18). The molecule has 2 unspecified atom stereocenters. The Morgan fingerprint density at radius 3 is 2.74 bits per heavy atom. The van der Waals surface area contributed by atoms with E-state index in [1.165, 1.54) is 0 Å². The van der Waals surface area contributed by atoms with Crippen molar-refractivity contribution in [3.05, 3.63) is 23.8 Å². The van der Waals surface area contributed by atoms with E-state index in [-0.39, 0.29) is 12.0 Å². The first kappa shape index (κ1) is 15.5. The molecular formula is C15H24N2O2. The summed E-state index contributed by atoms with van der Waals surface area (Å²) in [7, 11) is 0. The van der Waals surface area contributed by atoms with Crippen molar-refractivity contribution in [2.24, 2.45) is 0 Å². The van der Waals surface area contributed by atoms with Crippen molar-refractivity contribution in [2.75, 3.05) is 11.1 Å². The predicted molar refractivity (Wildman–Crippen MR) is 79.1 cm³/mol. The summed E-state index contributed by atoms with van der Waals surface area (Å²) < 4.78 is 5.65. The number of nitrogens with one attached hydrogen (secondary N) is 1. The van der Waals surface area contributed by atoms with E-state index in [0.29, 0.717) is 5.69 Å². The van der Waals surface area contributed by atoms with Crippen LogP contribution < -0.4 is 11.1 Å². The van der Waals surface area contributed by atoms with Crippen LogP contribution in [0.2, 0.25) is 0 Å². The number of hydrogen-bond donors (Lipinski definition) is 2. The number of nitrogen functional groups attached to an aromatic ring is 1. The van der Waals surface area contributed by atoms with Gasteiger partial charge in [-0.1, -0.05) is 19.4 Å². The minimum atomic E-state index is -0.470. The Hall–Kier alpha value is -1.55. The molecule has 1 rings (SSSR count). The second kappa shape index (κ2) is 7.14. The van der Waals surface area contributed by atoms with Crippen LogP contribution in [-0.4, -0.2) is 18.1 Å². The fourth-order valence-electron chi connectivity index (χ4n) is 1.91. The van der Waals surface area contributed by atoms with Crippen LogP contribution in [0.4, 0.5) is 11.4 Å². The van der Waals surface area contributed by atoms with E-state index < -0.39 is 6.10 Å². The van der Waals surface area contributed by atoms with Gasteiger partial charge in [-0.2, -0.15) is 0 Å². The van der Waals surface area contributed by atoms with Crippen LogP contribution in [0.25, 0.3) is 0 Å². The van der Waals surface area contributed by atoms with Gasteiger partial charge in [0.2, 0.25) is 0 Å². The molecule has 106 valence electrons. The van der Waals surface area contributed by atoms with Crippen LogP contribution in [0.3, 0.4) is 0 Å². The summed E-state index contributed by atoms with van der Waals surface area (Å²) >= 11 is 0. The maximum absolute atomic E-state index is 12.0. The van der Waals surface area contributed by atoms with Crippen LogP contribution >= 0.6 is 0 Å². The summed E-state index contributed by atoms with van der Waals surface area (Å²) in [6.07, 6.45) is 1.62. The largest absolute Gasteiger partial charge is 0.398 e. The van der Waals surface area contributed by atoms with Crippen molar-refractivity contribution in [3.8, 4) is 0 Å². The topological polar surface area (TPSA) is 64.3 Å². The highest BCUT2D eigenvalue weighted by Crippen LogP contribution is 2.20. The summed E-state index contributed by atoms with van der Waals surface area (Å²) in [6.45, 7) is 7.74. The molecule has 0 aromatic heterocycles. The molecule has 0 radical (unpaired) electrons. The van der Waals surface area contributed by atoms with E-state index >= 15 is 0 Å². The SMILES string of the molecule is CCCC(C)OC(C)C(=O)Nc1cccc(N)c1C. The van der Waals surface area contributed by atoms with E-state index in [4.69, 9.17) is 10.5 Å². The normalized spacial score (nSPS) is 13.9. The molecule has 2 atom stereocenters. The number of anilines is 2. The molecule has 4 heteroatoms. The Bertz CT molecular complexity index is 432. The molecular weight excluding hydrogens is 240 g/mol. The number of carbonyl (C=O) groups excluding carboxylic acids is 1. The van der Waals surface area contributed by atoms with E-state index in [9.17, 15) is 4.79 Å². The lowest BCUT2D eigenvalue weighted by atomic mass is 10.1. The molecule has 19 heavy (non-hydrogen) atoms. The molecule has 0 aliphatic heterocycles. The Balaban J connectivity index is 2.61. The molecule has 0 bridgehead atoms. The maximum atomic E-state index is 12.0. The molecule has 3 N–H and O–H groups in total. The van der Waals surface area contributed by atoms with Gasteiger partial charge in [0.05, 0.1) is 6.10 Å². The average Bonchev–Trinajstić information content (AvgIpc) is 2.35. The quantitative estimate of drug-likeness (QED) is 0.776. The molecule has 0 aliphatic carbocycles. The van der Waals surface area contributed by atoms with Crippen LogP contribution in [0, 0.1) is 6.92 Å². The van der Waals surface area contributed by atoms with Crippen molar-refractivity contribution in [2.45, 2.75) is 52.7 Å². The van der Waals surface area contributed by atoms with Crippen LogP contribution in [0.1, 0.15) is 39.2 Å². The summed E-state index contributed by atoms with van der Waals surface area (Å²) in [5.41, 5.74) is 8.10. The minimum absolute atomic E-state index is 0.0905. The third-order valence-corrected chi connectivity index (χ3v) is 3.13. The molecule has 0 aliphatic rings. The zero-order chi connectivity index (χ0) is 14.4.